The summed E-state index contributed by atoms with van der Waals surface area (Å²) in [5.74, 6) is -2.03. The first-order chi connectivity index (χ1) is 18.1. The standard InChI is InChI=1S/C29H36Cl2F4N2O/c1-3-5-18-6-8-19(9-7-18)20-16-36-27(37-17-20)23-14-15-24(26(33)25(23)32)29(34,35)38-22-12-10-21(11-13-22)28(30,31)4-2/h14-19,21-22H,3-13H2,1-2H3. The average molecular weight is 576 g/mol. The van der Waals surface area contributed by atoms with Gasteiger partial charge in [-0.3, -0.25) is 0 Å². The van der Waals surface area contributed by atoms with Gasteiger partial charge in [0.1, 0.15) is 4.33 Å². The van der Waals surface area contributed by atoms with Crippen LogP contribution in [0.15, 0.2) is 24.5 Å². The number of benzene rings is 1. The number of nitrogens with zero attached hydrogens (tertiary/aromatic N) is 2. The van der Waals surface area contributed by atoms with Crippen LogP contribution in [0.25, 0.3) is 11.4 Å². The maximum Gasteiger partial charge on any atom is 0.386 e. The molecular weight excluding hydrogens is 539 g/mol. The summed E-state index contributed by atoms with van der Waals surface area (Å²) in [6.45, 7) is 4.07. The van der Waals surface area contributed by atoms with Crippen molar-refractivity contribution in [2.75, 3.05) is 0 Å². The van der Waals surface area contributed by atoms with Gasteiger partial charge in [-0.05, 0) is 93.2 Å². The monoisotopic (exact) mass is 574 g/mol. The quantitative estimate of drug-likeness (QED) is 0.221. The fraction of sp³-hybridized carbons (Fsp3) is 0.655. The van der Waals surface area contributed by atoms with E-state index in [1.807, 2.05) is 6.92 Å². The van der Waals surface area contributed by atoms with Gasteiger partial charge in [-0.15, -0.1) is 23.2 Å². The summed E-state index contributed by atoms with van der Waals surface area (Å²) in [5, 5.41) is 0. The number of aromatic nitrogens is 2. The first-order valence-electron chi connectivity index (χ1n) is 13.8. The maximum atomic E-state index is 15.0. The highest BCUT2D eigenvalue weighted by Gasteiger charge is 2.43. The second kappa shape index (κ2) is 12.4. The van der Waals surface area contributed by atoms with E-state index < -0.39 is 33.7 Å². The molecule has 0 atom stereocenters. The van der Waals surface area contributed by atoms with Gasteiger partial charge in [0.05, 0.1) is 17.2 Å². The van der Waals surface area contributed by atoms with E-state index in [1.165, 1.54) is 12.8 Å². The molecule has 2 fully saturated rings. The predicted octanol–water partition coefficient (Wildman–Crippen LogP) is 9.70. The molecule has 0 unspecified atom stereocenters. The Morgan fingerprint density at radius 1 is 0.895 bits per heavy atom. The van der Waals surface area contributed by atoms with Crippen LogP contribution in [-0.2, 0) is 10.8 Å². The van der Waals surface area contributed by atoms with Crippen molar-refractivity contribution in [1.82, 2.24) is 9.97 Å². The zero-order valence-corrected chi connectivity index (χ0v) is 23.5. The fourth-order valence-corrected chi connectivity index (χ4v) is 6.43. The van der Waals surface area contributed by atoms with Crippen molar-refractivity contribution in [3.8, 4) is 11.4 Å². The van der Waals surface area contributed by atoms with E-state index in [1.54, 1.807) is 12.4 Å². The van der Waals surface area contributed by atoms with Crippen LogP contribution in [-0.4, -0.2) is 20.4 Å². The van der Waals surface area contributed by atoms with Gasteiger partial charge in [-0.1, -0.05) is 26.7 Å². The molecule has 210 valence electrons. The van der Waals surface area contributed by atoms with Crippen LogP contribution >= 0.6 is 23.2 Å². The fourth-order valence-electron chi connectivity index (χ4n) is 5.99. The number of halogens is 6. The molecule has 1 heterocycles. The molecule has 0 radical (unpaired) electrons. The Bertz CT molecular complexity index is 1070. The highest BCUT2D eigenvalue weighted by atomic mass is 35.5. The third kappa shape index (κ3) is 6.64. The molecule has 2 aliphatic rings. The van der Waals surface area contributed by atoms with Crippen molar-refractivity contribution in [2.24, 2.45) is 11.8 Å². The van der Waals surface area contributed by atoms with E-state index in [9.17, 15) is 17.6 Å². The van der Waals surface area contributed by atoms with E-state index in [4.69, 9.17) is 27.9 Å². The molecule has 38 heavy (non-hydrogen) atoms. The number of alkyl halides is 4. The molecule has 3 nitrogen and oxygen atoms in total. The highest BCUT2D eigenvalue weighted by molar-refractivity contribution is 6.48. The lowest BCUT2D eigenvalue weighted by molar-refractivity contribution is -0.279. The number of ether oxygens (including phenoxy) is 1. The Morgan fingerprint density at radius 3 is 2.11 bits per heavy atom. The zero-order chi connectivity index (χ0) is 27.5. The summed E-state index contributed by atoms with van der Waals surface area (Å²) in [5.41, 5.74) is -0.435. The van der Waals surface area contributed by atoms with Gasteiger partial charge in [0, 0.05) is 12.4 Å². The van der Waals surface area contributed by atoms with Crippen molar-refractivity contribution in [3.05, 3.63) is 47.3 Å². The molecule has 4 rings (SSSR count). The summed E-state index contributed by atoms with van der Waals surface area (Å²) < 4.78 is 63.8. The Kier molecular flexibility index (Phi) is 9.63. The van der Waals surface area contributed by atoms with Crippen LogP contribution in [0.1, 0.15) is 102 Å². The second-order valence-electron chi connectivity index (χ2n) is 10.9. The van der Waals surface area contributed by atoms with Crippen LogP contribution in [0.5, 0.6) is 0 Å². The molecule has 2 aliphatic carbocycles. The molecule has 2 saturated carbocycles. The molecule has 0 aliphatic heterocycles. The van der Waals surface area contributed by atoms with Crippen LogP contribution in [0.3, 0.4) is 0 Å². The molecule has 1 aromatic heterocycles. The van der Waals surface area contributed by atoms with Gasteiger partial charge in [-0.25, -0.2) is 18.7 Å². The van der Waals surface area contributed by atoms with Crippen LogP contribution in [0, 0.1) is 23.5 Å². The van der Waals surface area contributed by atoms with Gasteiger partial charge in [-0.2, -0.15) is 8.78 Å². The van der Waals surface area contributed by atoms with Crippen molar-refractivity contribution in [3.63, 3.8) is 0 Å². The molecule has 0 N–H and O–H groups in total. The lowest BCUT2D eigenvalue weighted by Crippen LogP contribution is -2.35. The largest absolute Gasteiger partial charge is 0.386 e. The number of rotatable bonds is 9. The van der Waals surface area contributed by atoms with Crippen molar-refractivity contribution < 1.29 is 22.3 Å². The van der Waals surface area contributed by atoms with Gasteiger partial charge in [0.2, 0.25) is 0 Å². The van der Waals surface area contributed by atoms with Crippen LogP contribution < -0.4 is 0 Å². The summed E-state index contributed by atoms with van der Waals surface area (Å²) in [6.07, 6.45) is 7.56. The van der Waals surface area contributed by atoms with E-state index in [2.05, 4.69) is 16.9 Å². The van der Waals surface area contributed by atoms with Gasteiger partial charge in [0.15, 0.2) is 17.5 Å². The zero-order valence-electron chi connectivity index (χ0n) is 22.0. The first kappa shape index (κ1) is 29.5. The predicted molar refractivity (Wildman–Crippen MR) is 142 cm³/mol. The Hall–Kier alpha value is -1.44. The minimum Gasteiger partial charge on any atom is -0.313 e. The normalized spacial score (nSPS) is 24.9. The molecular formula is C29H36Cl2F4N2O. The van der Waals surface area contributed by atoms with E-state index in [-0.39, 0.29) is 17.3 Å². The van der Waals surface area contributed by atoms with Crippen molar-refractivity contribution in [1.29, 1.82) is 0 Å². The van der Waals surface area contributed by atoms with Crippen LogP contribution in [0.4, 0.5) is 17.6 Å². The van der Waals surface area contributed by atoms with Crippen LogP contribution in [0.2, 0.25) is 0 Å². The molecule has 0 spiro atoms. The number of hydrogen-bond donors (Lipinski definition) is 0. The topological polar surface area (TPSA) is 35.0 Å². The third-order valence-corrected chi connectivity index (χ3v) is 9.53. The van der Waals surface area contributed by atoms with Crippen molar-refractivity contribution in [2.45, 2.75) is 107 Å². The summed E-state index contributed by atoms with van der Waals surface area (Å²) in [7, 11) is 0. The lowest BCUT2D eigenvalue weighted by atomic mass is 9.78. The van der Waals surface area contributed by atoms with E-state index >= 15 is 0 Å². The smallest absolute Gasteiger partial charge is 0.313 e. The van der Waals surface area contributed by atoms with Gasteiger partial charge in [0.25, 0.3) is 0 Å². The molecule has 9 heteroatoms. The van der Waals surface area contributed by atoms with E-state index in [0.717, 1.165) is 49.3 Å². The first-order valence-corrected chi connectivity index (χ1v) is 14.6. The lowest BCUT2D eigenvalue weighted by Gasteiger charge is -2.36. The highest BCUT2D eigenvalue weighted by Crippen LogP contribution is 2.45. The summed E-state index contributed by atoms with van der Waals surface area (Å²) in [4.78, 5) is 8.49. The Balaban J connectivity index is 1.42. The molecule has 0 saturated heterocycles. The second-order valence-corrected chi connectivity index (χ2v) is 12.4. The Morgan fingerprint density at radius 2 is 1.53 bits per heavy atom. The number of hydrogen-bond acceptors (Lipinski definition) is 3. The summed E-state index contributed by atoms with van der Waals surface area (Å²) >= 11 is 12.6. The molecule has 0 amide bonds. The molecule has 2 aromatic rings. The average Bonchev–Trinajstić information content (AvgIpc) is 2.91. The minimum atomic E-state index is -3.99. The molecule has 0 bridgehead atoms. The summed E-state index contributed by atoms with van der Waals surface area (Å²) in [6, 6.07) is 1.94. The third-order valence-electron chi connectivity index (χ3n) is 8.38. The van der Waals surface area contributed by atoms with Crippen molar-refractivity contribution >= 4 is 23.2 Å². The maximum absolute atomic E-state index is 15.0. The Labute approximate surface area is 232 Å². The van der Waals surface area contributed by atoms with Gasteiger partial charge >= 0.3 is 6.11 Å². The minimum absolute atomic E-state index is 0.0276. The van der Waals surface area contributed by atoms with Gasteiger partial charge < -0.3 is 4.74 Å². The molecule has 1 aromatic carbocycles. The SMILES string of the molecule is CCCC1CCC(c2cnc(-c3ccc(C(F)(F)OC4CCC(C(Cl)(Cl)CC)CC4)c(F)c3F)nc2)CC1. The van der Waals surface area contributed by atoms with E-state index in [0.29, 0.717) is 38.0 Å².